The Balaban J connectivity index is 1.57. The van der Waals surface area contributed by atoms with Crippen LogP contribution < -0.4 is 0 Å². The van der Waals surface area contributed by atoms with Crippen LogP contribution in [0.4, 0.5) is 0 Å². The molecule has 0 spiro atoms. The fourth-order valence-electron chi connectivity index (χ4n) is 3.04. The summed E-state index contributed by atoms with van der Waals surface area (Å²) in [6.45, 7) is 2.99. The predicted octanol–water partition coefficient (Wildman–Crippen LogP) is 3.51. The fourth-order valence-corrected chi connectivity index (χ4v) is 4.86. The Kier molecular flexibility index (Phi) is 6.40. The molecule has 142 valence electrons. The standard InChI is InChI=1S/C19H19Cl2N3O2S/c20-18-6-5-17(11-19(18)21)14-27(25,26)24-9-7-23(8-10-24)13-16-3-1-15(12-22)2-4-16/h1-6,11H,7-10,13-14H2. The average Bonchev–Trinajstić information content (AvgIpc) is 2.66. The second kappa shape index (κ2) is 8.59. The van der Waals surface area contributed by atoms with Crippen LogP contribution in [0.5, 0.6) is 0 Å². The molecule has 0 aliphatic carbocycles. The molecule has 0 atom stereocenters. The predicted molar refractivity (Wildman–Crippen MR) is 107 cm³/mol. The highest BCUT2D eigenvalue weighted by atomic mass is 35.5. The van der Waals surface area contributed by atoms with Gasteiger partial charge in [0, 0.05) is 32.7 Å². The van der Waals surface area contributed by atoms with Gasteiger partial charge in [-0.2, -0.15) is 9.57 Å². The van der Waals surface area contributed by atoms with Gasteiger partial charge in [-0.1, -0.05) is 41.4 Å². The number of piperazine rings is 1. The summed E-state index contributed by atoms with van der Waals surface area (Å²) in [6.07, 6.45) is 0. The first-order chi connectivity index (χ1) is 12.9. The van der Waals surface area contributed by atoms with Gasteiger partial charge in [-0.05, 0) is 35.4 Å². The van der Waals surface area contributed by atoms with E-state index in [2.05, 4.69) is 11.0 Å². The Morgan fingerprint density at radius 3 is 2.15 bits per heavy atom. The lowest BCUT2D eigenvalue weighted by atomic mass is 10.1. The molecule has 0 aromatic heterocycles. The van der Waals surface area contributed by atoms with Crippen molar-refractivity contribution < 1.29 is 8.42 Å². The Morgan fingerprint density at radius 1 is 0.926 bits per heavy atom. The van der Waals surface area contributed by atoms with E-state index in [1.807, 2.05) is 12.1 Å². The minimum absolute atomic E-state index is 0.0838. The molecule has 1 saturated heterocycles. The quantitative estimate of drug-likeness (QED) is 0.737. The van der Waals surface area contributed by atoms with Gasteiger partial charge in [0.15, 0.2) is 0 Å². The van der Waals surface area contributed by atoms with Gasteiger partial charge >= 0.3 is 0 Å². The molecular weight excluding hydrogens is 405 g/mol. The number of nitrogens with zero attached hydrogens (tertiary/aromatic N) is 3. The highest BCUT2D eigenvalue weighted by Gasteiger charge is 2.27. The van der Waals surface area contributed by atoms with Crippen LogP contribution in [0.2, 0.25) is 10.0 Å². The van der Waals surface area contributed by atoms with Crippen LogP contribution in [0, 0.1) is 11.3 Å². The second-order valence-electron chi connectivity index (χ2n) is 6.49. The molecule has 0 saturated carbocycles. The van der Waals surface area contributed by atoms with Crippen molar-refractivity contribution in [3.05, 3.63) is 69.2 Å². The zero-order valence-corrected chi connectivity index (χ0v) is 16.9. The normalized spacial score (nSPS) is 16.2. The topological polar surface area (TPSA) is 64.4 Å². The summed E-state index contributed by atoms with van der Waals surface area (Å²) in [5.74, 6) is -0.0838. The molecule has 5 nitrogen and oxygen atoms in total. The van der Waals surface area contributed by atoms with E-state index in [-0.39, 0.29) is 5.75 Å². The monoisotopic (exact) mass is 423 g/mol. The molecule has 2 aromatic carbocycles. The number of rotatable bonds is 5. The third-order valence-electron chi connectivity index (χ3n) is 4.55. The van der Waals surface area contributed by atoms with Gasteiger partial charge in [0.2, 0.25) is 10.0 Å². The minimum Gasteiger partial charge on any atom is -0.296 e. The number of sulfonamides is 1. The first-order valence-electron chi connectivity index (χ1n) is 8.50. The molecule has 27 heavy (non-hydrogen) atoms. The summed E-state index contributed by atoms with van der Waals surface area (Å²) in [7, 11) is -3.40. The number of halogens is 2. The van der Waals surface area contributed by atoms with E-state index in [1.165, 1.54) is 4.31 Å². The molecule has 0 bridgehead atoms. The van der Waals surface area contributed by atoms with Gasteiger partial charge in [-0.3, -0.25) is 4.90 Å². The van der Waals surface area contributed by atoms with Gasteiger partial charge in [0.1, 0.15) is 0 Å². The fraction of sp³-hybridized carbons (Fsp3) is 0.316. The molecule has 3 rings (SSSR count). The molecule has 1 heterocycles. The number of benzene rings is 2. The van der Waals surface area contributed by atoms with Gasteiger partial charge in [0.05, 0.1) is 27.4 Å². The largest absolute Gasteiger partial charge is 0.296 e. The van der Waals surface area contributed by atoms with Crippen LogP contribution in [0.25, 0.3) is 0 Å². The first-order valence-corrected chi connectivity index (χ1v) is 10.9. The highest BCUT2D eigenvalue weighted by molar-refractivity contribution is 7.88. The zero-order valence-electron chi connectivity index (χ0n) is 14.6. The van der Waals surface area contributed by atoms with Crippen LogP contribution in [0.1, 0.15) is 16.7 Å². The van der Waals surface area contributed by atoms with Crippen molar-refractivity contribution >= 4 is 33.2 Å². The lowest BCUT2D eigenvalue weighted by Gasteiger charge is -2.34. The molecule has 0 amide bonds. The van der Waals surface area contributed by atoms with Crippen molar-refractivity contribution in [3.63, 3.8) is 0 Å². The van der Waals surface area contributed by atoms with Crippen molar-refractivity contribution in [2.24, 2.45) is 0 Å². The van der Waals surface area contributed by atoms with Crippen LogP contribution >= 0.6 is 23.2 Å². The summed E-state index contributed by atoms with van der Waals surface area (Å²) >= 11 is 11.9. The molecular formula is C19H19Cl2N3O2S. The molecule has 1 fully saturated rings. The van der Waals surface area contributed by atoms with Gasteiger partial charge < -0.3 is 0 Å². The zero-order chi connectivity index (χ0) is 19.4. The smallest absolute Gasteiger partial charge is 0.218 e. The average molecular weight is 424 g/mol. The summed E-state index contributed by atoms with van der Waals surface area (Å²) < 4.78 is 26.9. The molecule has 8 heteroatoms. The molecule has 2 aromatic rings. The molecule has 1 aliphatic rings. The Labute approximate surface area is 169 Å². The van der Waals surface area contributed by atoms with Gasteiger partial charge in [-0.25, -0.2) is 8.42 Å². The maximum absolute atomic E-state index is 12.7. The maximum atomic E-state index is 12.7. The molecule has 0 N–H and O–H groups in total. The molecule has 0 radical (unpaired) electrons. The Bertz CT molecular complexity index is 948. The van der Waals surface area contributed by atoms with Crippen LogP contribution in [-0.2, 0) is 22.3 Å². The summed E-state index contributed by atoms with van der Waals surface area (Å²) in [4.78, 5) is 2.21. The van der Waals surface area contributed by atoms with Gasteiger partial charge in [0.25, 0.3) is 0 Å². The van der Waals surface area contributed by atoms with E-state index in [4.69, 9.17) is 28.5 Å². The summed E-state index contributed by atoms with van der Waals surface area (Å²) in [5.41, 5.74) is 2.38. The van der Waals surface area contributed by atoms with E-state index >= 15 is 0 Å². The van der Waals surface area contributed by atoms with Crippen LogP contribution in [0.15, 0.2) is 42.5 Å². The summed E-state index contributed by atoms with van der Waals surface area (Å²) in [5, 5.41) is 9.62. The third-order valence-corrected chi connectivity index (χ3v) is 7.14. The van der Waals surface area contributed by atoms with Crippen LogP contribution in [0.3, 0.4) is 0 Å². The van der Waals surface area contributed by atoms with Crippen molar-refractivity contribution in [2.75, 3.05) is 26.2 Å². The Hall–Kier alpha value is -1.62. The van der Waals surface area contributed by atoms with E-state index in [0.717, 1.165) is 12.1 Å². The van der Waals surface area contributed by atoms with Gasteiger partial charge in [-0.15, -0.1) is 0 Å². The summed E-state index contributed by atoms with van der Waals surface area (Å²) in [6, 6.07) is 14.5. The van der Waals surface area contributed by atoms with Crippen molar-refractivity contribution in [1.29, 1.82) is 5.26 Å². The maximum Gasteiger partial charge on any atom is 0.218 e. The molecule has 0 unspecified atom stereocenters. The number of hydrogen-bond acceptors (Lipinski definition) is 4. The van der Waals surface area contributed by atoms with Crippen molar-refractivity contribution in [1.82, 2.24) is 9.21 Å². The Morgan fingerprint density at radius 2 is 1.56 bits per heavy atom. The molecule has 1 aliphatic heterocycles. The van der Waals surface area contributed by atoms with Crippen LogP contribution in [-0.4, -0.2) is 43.8 Å². The van der Waals surface area contributed by atoms with Crippen molar-refractivity contribution in [2.45, 2.75) is 12.3 Å². The van der Waals surface area contributed by atoms with E-state index in [1.54, 1.807) is 30.3 Å². The van der Waals surface area contributed by atoms with E-state index in [9.17, 15) is 8.42 Å². The SMILES string of the molecule is N#Cc1ccc(CN2CCN(S(=O)(=O)Cc3ccc(Cl)c(Cl)c3)CC2)cc1. The lowest BCUT2D eigenvalue weighted by molar-refractivity contribution is 0.181. The lowest BCUT2D eigenvalue weighted by Crippen LogP contribution is -2.48. The second-order valence-corrected chi connectivity index (χ2v) is 9.27. The minimum atomic E-state index is -3.40. The van der Waals surface area contributed by atoms with E-state index < -0.39 is 10.0 Å². The highest BCUT2D eigenvalue weighted by Crippen LogP contribution is 2.24. The third kappa shape index (κ3) is 5.22. The van der Waals surface area contributed by atoms with Crippen molar-refractivity contribution in [3.8, 4) is 6.07 Å². The van der Waals surface area contributed by atoms with E-state index in [0.29, 0.717) is 47.4 Å². The number of hydrogen-bond donors (Lipinski definition) is 0. The number of nitriles is 1. The first kappa shape index (κ1) is 20.1.